The molecule has 0 aromatic rings. The third-order valence-electron chi connectivity index (χ3n) is 2.39. The molecule has 0 saturated heterocycles. The maximum atomic E-state index is 11.5. The van der Waals surface area contributed by atoms with E-state index in [4.69, 9.17) is 14.2 Å². The van der Waals surface area contributed by atoms with E-state index in [-0.39, 0.29) is 18.8 Å². The predicted octanol–water partition coefficient (Wildman–Crippen LogP) is 0.909. The average molecular weight is 342 g/mol. The number of rotatable bonds is 11. The molecule has 8 nitrogen and oxygen atoms in total. The van der Waals surface area contributed by atoms with Gasteiger partial charge >= 0.3 is 17.9 Å². The van der Waals surface area contributed by atoms with Crippen molar-refractivity contribution in [3.63, 3.8) is 0 Å². The summed E-state index contributed by atoms with van der Waals surface area (Å²) in [6.07, 6.45) is -1.93. The highest BCUT2D eigenvalue weighted by molar-refractivity contribution is 5.94. The minimum atomic E-state index is -1.07. The lowest BCUT2D eigenvalue weighted by molar-refractivity contribution is -0.167. The minimum Gasteiger partial charge on any atom is -0.461 e. The van der Waals surface area contributed by atoms with Gasteiger partial charge in [-0.05, 0) is 20.8 Å². The summed E-state index contributed by atoms with van der Waals surface area (Å²) in [6.45, 7) is 6.92. The highest BCUT2D eigenvalue weighted by Gasteiger charge is 2.20. The fraction of sp³-hybridized carbons (Fsp3) is 0.562. The largest absolute Gasteiger partial charge is 0.461 e. The summed E-state index contributed by atoms with van der Waals surface area (Å²) in [4.78, 5) is 56.0. The Hall–Kier alpha value is -2.51. The molecule has 0 N–H and O–H groups in total. The fourth-order valence-corrected chi connectivity index (χ4v) is 1.47. The van der Waals surface area contributed by atoms with Gasteiger partial charge in [-0.1, -0.05) is 12.2 Å². The quantitative estimate of drug-likeness (QED) is 0.236. The van der Waals surface area contributed by atoms with E-state index < -0.39 is 49.2 Å². The Balaban J connectivity index is 4.58. The van der Waals surface area contributed by atoms with Gasteiger partial charge in [-0.3, -0.25) is 24.0 Å². The first kappa shape index (κ1) is 21.5. The Labute approximate surface area is 140 Å². The third kappa shape index (κ3) is 12.1. The van der Waals surface area contributed by atoms with Gasteiger partial charge in [0.05, 0.1) is 6.42 Å². The maximum absolute atomic E-state index is 11.5. The highest BCUT2D eigenvalue weighted by atomic mass is 16.6. The Morgan fingerprint density at radius 2 is 1.17 bits per heavy atom. The van der Waals surface area contributed by atoms with Gasteiger partial charge in [0, 0.05) is 0 Å². The van der Waals surface area contributed by atoms with Crippen LogP contribution in [0.5, 0.6) is 0 Å². The molecule has 0 saturated carbocycles. The summed E-state index contributed by atoms with van der Waals surface area (Å²) in [5.74, 6) is -2.97. The summed E-state index contributed by atoms with van der Waals surface area (Å²) in [7, 11) is 0. The Morgan fingerprint density at radius 3 is 1.58 bits per heavy atom. The molecule has 1 atom stereocenters. The molecule has 0 aliphatic heterocycles. The van der Waals surface area contributed by atoms with Crippen molar-refractivity contribution in [1.29, 1.82) is 0 Å². The summed E-state index contributed by atoms with van der Waals surface area (Å²) in [6, 6.07) is 0. The molecule has 0 aromatic carbocycles. The van der Waals surface area contributed by atoms with Crippen LogP contribution in [0.15, 0.2) is 12.2 Å². The Bertz CT molecular complexity index is 488. The number of esters is 3. The normalized spacial score (nSPS) is 11.1. The van der Waals surface area contributed by atoms with Crippen molar-refractivity contribution in [1.82, 2.24) is 0 Å². The molecule has 0 spiro atoms. The molecule has 0 aromatic heterocycles. The maximum Gasteiger partial charge on any atom is 0.313 e. The van der Waals surface area contributed by atoms with E-state index >= 15 is 0 Å². The molecule has 0 rings (SSSR count). The predicted molar refractivity (Wildman–Crippen MR) is 81.8 cm³/mol. The van der Waals surface area contributed by atoms with Crippen LogP contribution in [0.25, 0.3) is 0 Å². The monoisotopic (exact) mass is 342 g/mol. The Morgan fingerprint density at radius 1 is 0.750 bits per heavy atom. The lowest BCUT2D eigenvalue weighted by Gasteiger charge is -2.17. The summed E-state index contributed by atoms with van der Waals surface area (Å²) >= 11 is 0. The standard InChI is InChI=1S/C16H22O8/c1-10(2)5-14(19)22-8-13(24-16(21)7-12(4)18)9-23-15(20)6-11(3)17/h13H,1,5-9H2,2-4H3. The number of carbonyl (C=O) groups is 5. The van der Waals surface area contributed by atoms with Gasteiger partial charge in [0.25, 0.3) is 0 Å². The number of ether oxygens (including phenoxy) is 3. The molecule has 24 heavy (non-hydrogen) atoms. The van der Waals surface area contributed by atoms with Crippen molar-refractivity contribution in [3.8, 4) is 0 Å². The van der Waals surface area contributed by atoms with Gasteiger partial charge in [0.1, 0.15) is 37.6 Å². The van der Waals surface area contributed by atoms with E-state index in [0.717, 1.165) is 0 Å². The zero-order valence-electron chi connectivity index (χ0n) is 14.1. The van der Waals surface area contributed by atoms with Crippen molar-refractivity contribution in [2.75, 3.05) is 13.2 Å². The van der Waals surface area contributed by atoms with Gasteiger partial charge in [-0.15, -0.1) is 0 Å². The van der Waals surface area contributed by atoms with Crippen LogP contribution < -0.4 is 0 Å². The van der Waals surface area contributed by atoms with Crippen molar-refractivity contribution in [2.24, 2.45) is 0 Å². The van der Waals surface area contributed by atoms with Crippen LogP contribution in [0.2, 0.25) is 0 Å². The van der Waals surface area contributed by atoms with Gasteiger partial charge in [0.2, 0.25) is 0 Å². The zero-order valence-corrected chi connectivity index (χ0v) is 14.1. The van der Waals surface area contributed by atoms with Gasteiger partial charge in [-0.25, -0.2) is 0 Å². The van der Waals surface area contributed by atoms with E-state index in [1.54, 1.807) is 6.92 Å². The van der Waals surface area contributed by atoms with E-state index in [2.05, 4.69) is 6.58 Å². The average Bonchev–Trinajstić information content (AvgIpc) is 2.39. The van der Waals surface area contributed by atoms with Gasteiger partial charge in [-0.2, -0.15) is 0 Å². The molecule has 0 radical (unpaired) electrons. The molecule has 0 amide bonds. The molecule has 1 unspecified atom stereocenters. The lowest BCUT2D eigenvalue weighted by atomic mass is 10.2. The number of ketones is 2. The topological polar surface area (TPSA) is 113 Å². The molecule has 134 valence electrons. The first-order chi connectivity index (χ1) is 11.1. The number of carbonyl (C=O) groups excluding carboxylic acids is 5. The summed E-state index contributed by atoms with van der Waals surface area (Å²) < 4.78 is 14.7. The SMILES string of the molecule is C=C(C)CC(=O)OCC(COC(=O)CC(C)=O)OC(=O)CC(C)=O. The second-order valence-electron chi connectivity index (χ2n) is 5.37. The summed E-state index contributed by atoms with van der Waals surface area (Å²) in [5.41, 5.74) is 0.595. The van der Waals surface area contributed by atoms with Crippen molar-refractivity contribution in [2.45, 2.75) is 46.1 Å². The zero-order chi connectivity index (χ0) is 18.7. The Kier molecular flexibility index (Phi) is 9.93. The van der Waals surface area contributed by atoms with Crippen molar-refractivity contribution in [3.05, 3.63) is 12.2 Å². The van der Waals surface area contributed by atoms with E-state index in [1.165, 1.54) is 13.8 Å². The molecular formula is C16H22O8. The summed E-state index contributed by atoms with van der Waals surface area (Å²) in [5, 5.41) is 0. The van der Waals surface area contributed by atoms with Crippen LogP contribution in [0.1, 0.15) is 40.0 Å². The smallest absolute Gasteiger partial charge is 0.313 e. The van der Waals surface area contributed by atoms with E-state index in [0.29, 0.717) is 5.57 Å². The van der Waals surface area contributed by atoms with Crippen LogP contribution in [0.4, 0.5) is 0 Å². The van der Waals surface area contributed by atoms with Crippen molar-refractivity contribution < 1.29 is 38.2 Å². The molecule has 0 bridgehead atoms. The van der Waals surface area contributed by atoms with Crippen LogP contribution in [0, 0.1) is 0 Å². The number of hydrogen-bond acceptors (Lipinski definition) is 8. The van der Waals surface area contributed by atoms with Crippen LogP contribution in [-0.2, 0) is 38.2 Å². The molecular weight excluding hydrogens is 320 g/mol. The lowest BCUT2D eigenvalue weighted by Crippen LogP contribution is -2.31. The van der Waals surface area contributed by atoms with Gasteiger partial charge < -0.3 is 14.2 Å². The second-order valence-corrected chi connectivity index (χ2v) is 5.37. The minimum absolute atomic E-state index is 0.00175. The van der Waals surface area contributed by atoms with Crippen LogP contribution >= 0.6 is 0 Å². The van der Waals surface area contributed by atoms with Crippen LogP contribution in [0.3, 0.4) is 0 Å². The first-order valence-corrected chi connectivity index (χ1v) is 7.24. The van der Waals surface area contributed by atoms with Gasteiger partial charge in [0.15, 0.2) is 6.10 Å². The molecule has 0 fully saturated rings. The highest BCUT2D eigenvalue weighted by Crippen LogP contribution is 2.04. The third-order valence-corrected chi connectivity index (χ3v) is 2.39. The second kappa shape index (κ2) is 11.1. The fourth-order valence-electron chi connectivity index (χ4n) is 1.47. The number of Topliss-reactive ketones (excluding diaryl/α,β-unsaturated/α-hetero) is 2. The van der Waals surface area contributed by atoms with Crippen molar-refractivity contribution >= 4 is 29.5 Å². The van der Waals surface area contributed by atoms with E-state index in [1.807, 2.05) is 0 Å². The first-order valence-electron chi connectivity index (χ1n) is 7.24. The molecule has 8 heteroatoms. The molecule has 0 aliphatic carbocycles. The van der Waals surface area contributed by atoms with E-state index in [9.17, 15) is 24.0 Å². The number of hydrogen-bond donors (Lipinski definition) is 0. The molecule has 0 aliphatic rings. The molecule has 0 heterocycles. The van der Waals surface area contributed by atoms with Crippen LogP contribution in [-0.4, -0.2) is 48.8 Å².